The van der Waals surface area contributed by atoms with Gasteiger partial charge in [0.25, 0.3) is 0 Å². The summed E-state index contributed by atoms with van der Waals surface area (Å²) in [6.45, 7) is 1.14. The predicted molar refractivity (Wildman–Crippen MR) is 57.9 cm³/mol. The molecule has 0 fully saturated rings. The Labute approximate surface area is 96.9 Å². The van der Waals surface area contributed by atoms with Gasteiger partial charge in [-0.3, -0.25) is 4.79 Å². The van der Waals surface area contributed by atoms with Crippen molar-refractivity contribution in [1.29, 1.82) is 0 Å². The van der Waals surface area contributed by atoms with Crippen LogP contribution in [0.25, 0.3) is 0 Å². The summed E-state index contributed by atoms with van der Waals surface area (Å²) in [5, 5.41) is 20.2. The molecule has 6 heteroatoms. The highest BCUT2D eigenvalue weighted by Gasteiger charge is 2.17. The molecule has 1 rings (SSSR count). The monoisotopic (exact) mass is 237 g/mol. The maximum atomic E-state index is 10.9. The number of aromatic carboxylic acids is 2. The first-order valence-electron chi connectivity index (χ1n) is 4.76. The molecule has 0 aliphatic rings. The molecule has 0 heterocycles. The molecule has 0 saturated carbocycles. The Kier molecular flexibility index (Phi) is 3.82. The van der Waals surface area contributed by atoms with Crippen molar-refractivity contribution in [3.63, 3.8) is 0 Å². The number of carboxylic acid groups (broad SMARTS) is 2. The van der Waals surface area contributed by atoms with Gasteiger partial charge in [0, 0.05) is 19.0 Å². The molecule has 0 atom stereocenters. The van der Waals surface area contributed by atoms with E-state index in [-0.39, 0.29) is 29.1 Å². The normalized spacial score (nSPS) is 9.71. The minimum atomic E-state index is -1.23. The van der Waals surface area contributed by atoms with Crippen LogP contribution < -0.4 is 5.32 Å². The number of carbonyl (C=O) groups excluding carboxylic acids is 1. The molecule has 17 heavy (non-hydrogen) atoms. The fourth-order valence-electron chi connectivity index (χ4n) is 1.39. The Morgan fingerprint density at radius 2 is 1.59 bits per heavy atom. The van der Waals surface area contributed by atoms with Gasteiger partial charge in [-0.1, -0.05) is 6.07 Å². The zero-order valence-corrected chi connectivity index (χ0v) is 9.06. The molecule has 0 aliphatic heterocycles. The molecule has 0 saturated heterocycles. The Morgan fingerprint density at radius 1 is 1.12 bits per heavy atom. The van der Waals surface area contributed by atoms with E-state index in [4.69, 9.17) is 10.2 Å². The highest BCUT2D eigenvalue weighted by Crippen LogP contribution is 2.15. The van der Waals surface area contributed by atoms with Crippen LogP contribution in [0.5, 0.6) is 0 Å². The summed E-state index contributed by atoms with van der Waals surface area (Å²) < 4.78 is 0. The van der Waals surface area contributed by atoms with E-state index in [2.05, 4.69) is 5.32 Å². The van der Waals surface area contributed by atoms with Crippen LogP contribution in [-0.2, 0) is 11.3 Å². The number of hydrogen-bond acceptors (Lipinski definition) is 3. The molecule has 3 N–H and O–H groups in total. The fraction of sp³-hybridized carbons (Fsp3) is 0.182. The van der Waals surface area contributed by atoms with Crippen molar-refractivity contribution >= 4 is 17.8 Å². The third-order valence-corrected chi connectivity index (χ3v) is 2.15. The standard InChI is InChI=1S/C11H11NO5/c1-6(13)12-5-9-7(10(14)15)3-2-4-8(9)11(16)17/h2-4H,5H2,1H3,(H,12,13)(H,14,15)(H,16,17). The topological polar surface area (TPSA) is 104 Å². The maximum absolute atomic E-state index is 10.9. The molecular formula is C11H11NO5. The molecule has 0 spiro atoms. The molecule has 0 aromatic heterocycles. The van der Waals surface area contributed by atoms with Gasteiger partial charge in [0.15, 0.2) is 0 Å². The van der Waals surface area contributed by atoms with Crippen LogP contribution in [0.3, 0.4) is 0 Å². The Hall–Kier alpha value is -2.37. The number of rotatable bonds is 4. The number of benzene rings is 1. The number of hydrogen-bond donors (Lipinski definition) is 3. The molecule has 0 aliphatic carbocycles. The third-order valence-electron chi connectivity index (χ3n) is 2.15. The smallest absolute Gasteiger partial charge is 0.336 e. The zero-order chi connectivity index (χ0) is 13.0. The van der Waals surface area contributed by atoms with E-state index in [0.29, 0.717) is 0 Å². The number of carbonyl (C=O) groups is 3. The lowest BCUT2D eigenvalue weighted by molar-refractivity contribution is -0.119. The minimum absolute atomic E-state index is 0.0858. The molecule has 0 unspecified atom stereocenters. The van der Waals surface area contributed by atoms with E-state index in [0.717, 1.165) is 0 Å². The van der Waals surface area contributed by atoms with Crippen molar-refractivity contribution in [2.45, 2.75) is 13.5 Å². The first-order valence-corrected chi connectivity index (χ1v) is 4.76. The van der Waals surface area contributed by atoms with Gasteiger partial charge < -0.3 is 15.5 Å². The Morgan fingerprint density at radius 3 is 1.94 bits per heavy atom. The number of carboxylic acids is 2. The van der Waals surface area contributed by atoms with Crippen molar-refractivity contribution < 1.29 is 24.6 Å². The summed E-state index contributed by atoms with van der Waals surface area (Å²) in [6.07, 6.45) is 0. The summed E-state index contributed by atoms with van der Waals surface area (Å²) >= 11 is 0. The van der Waals surface area contributed by atoms with E-state index in [1.54, 1.807) is 0 Å². The molecule has 90 valence electrons. The van der Waals surface area contributed by atoms with Crippen LogP contribution in [0.2, 0.25) is 0 Å². The SMILES string of the molecule is CC(=O)NCc1c(C(=O)O)cccc1C(=O)O. The van der Waals surface area contributed by atoms with Crippen molar-refractivity contribution in [2.75, 3.05) is 0 Å². The van der Waals surface area contributed by atoms with Gasteiger partial charge >= 0.3 is 11.9 Å². The number of nitrogens with one attached hydrogen (secondary N) is 1. The second-order valence-electron chi connectivity index (χ2n) is 3.35. The molecule has 0 radical (unpaired) electrons. The van der Waals surface area contributed by atoms with E-state index in [1.807, 2.05) is 0 Å². The minimum Gasteiger partial charge on any atom is -0.478 e. The molecule has 1 aromatic carbocycles. The summed E-state index contributed by atoms with van der Waals surface area (Å²) in [4.78, 5) is 32.6. The summed E-state index contributed by atoms with van der Waals surface area (Å²) in [6, 6.07) is 3.95. The lowest BCUT2D eigenvalue weighted by atomic mass is 10.0. The molecule has 1 amide bonds. The highest BCUT2D eigenvalue weighted by molar-refractivity contribution is 5.96. The summed E-state index contributed by atoms with van der Waals surface area (Å²) in [5.41, 5.74) is -0.167. The van der Waals surface area contributed by atoms with Gasteiger partial charge in [-0.05, 0) is 12.1 Å². The van der Waals surface area contributed by atoms with Crippen LogP contribution in [0.4, 0.5) is 0 Å². The second kappa shape index (κ2) is 5.11. The van der Waals surface area contributed by atoms with Gasteiger partial charge in [0.2, 0.25) is 5.91 Å². The van der Waals surface area contributed by atoms with Crippen molar-refractivity contribution in [3.8, 4) is 0 Å². The van der Waals surface area contributed by atoms with Crippen molar-refractivity contribution in [1.82, 2.24) is 5.32 Å². The van der Waals surface area contributed by atoms with Crippen molar-refractivity contribution in [3.05, 3.63) is 34.9 Å². The molecule has 6 nitrogen and oxygen atoms in total. The highest BCUT2D eigenvalue weighted by atomic mass is 16.4. The quantitative estimate of drug-likeness (QED) is 0.715. The summed E-state index contributed by atoms with van der Waals surface area (Å²) in [7, 11) is 0. The van der Waals surface area contributed by atoms with E-state index in [1.165, 1.54) is 25.1 Å². The first-order chi connectivity index (χ1) is 7.93. The number of amides is 1. The van der Waals surface area contributed by atoms with Crippen LogP contribution in [0.15, 0.2) is 18.2 Å². The zero-order valence-electron chi connectivity index (χ0n) is 9.06. The largest absolute Gasteiger partial charge is 0.478 e. The van der Waals surface area contributed by atoms with Gasteiger partial charge in [0.1, 0.15) is 0 Å². The average Bonchev–Trinajstić information content (AvgIpc) is 2.25. The lowest BCUT2D eigenvalue weighted by Gasteiger charge is -2.10. The van der Waals surface area contributed by atoms with Gasteiger partial charge in [-0.2, -0.15) is 0 Å². The van der Waals surface area contributed by atoms with Gasteiger partial charge in [0.05, 0.1) is 11.1 Å². The van der Waals surface area contributed by atoms with Crippen LogP contribution in [-0.4, -0.2) is 28.1 Å². The maximum Gasteiger partial charge on any atom is 0.336 e. The molecule has 0 bridgehead atoms. The first kappa shape index (κ1) is 12.7. The van der Waals surface area contributed by atoms with E-state index >= 15 is 0 Å². The third kappa shape index (κ3) is 3.04. The van der Waals surface area contributed by atoms with E-state index in [9.17, 15) is 14.4 Å². The van der Waals surface area contributed by atoms with Crippen LogP contribution in [0.1, 0.15) is 33.2 Å². The predicted octanol–water partition coefficient (Wildman–Crippen LogP) is 0.719. The lowest BCUT2D eigenvalue weighted by Crippen LogP contribution is -2.22. The van der Waals surface area contributed by atoms with Crippen LogP contribution >= 0.6 is 0 Å². The van der Waals surface area contributed by atoms with Crippen LogP contribution in [0, 0.1) is 0 Å². The van der Waals surface area contributed by atoms with Gasteiger partial charge in [-0.15, -0.1) is 0 Å². The summed E-state index contributed by atoms with van der Waals surface area (Å²) in [5.74, 6) is -2.82. The Bertz CT molecular complexity index is 449. The molecular weight excluding hydrogens is 226 g/mol. The average molecular weight is 237 g/mol. The Balaban J connectivity index is 3.23. The second-order valence-corrected chi connectivity index (χ2v) is 3.35. The van der Waals surface area contributed by atoms with E-state index < -0.39 is 11.9 Å². The van der Waals surface area contributed by atoms with Gasteiger partial charge in [-0.25, -0.2) is 9.59 Å². The molecule has 1 aromatic rings. The van der Waals surface area contributed by atoms with Crippen molar-refractivity contribution in [2.24, 2.45) is 0 Å². The fourth-order valence-corrected chi connectivity index (χ4v) is 1.39.